The van der Waals surface area contributed by atoms with Crippen molar-refractivity contribution in [2.24, 2.45) is 0 Å². The average molecular weight is 394 g/mol. The SMILES string of the molecule is Cc1ccccc1-n1nnnc1SCC(=O)Nc1cccc(Cl)c1Cl. The maximum absolute atomic E-state index is 12.2. The van der Waals surface area contributed by atoms with Gasteiger partial charge in [0.2, 0.25) is 11.1 Å². The molecule has 0 bridgehead atoms. The molecule has 0 saturated heterocycles. The summed E-state index contributed by atoms with van der Waals surface area (Å²) in [5.41, 5.74) is 2.37. The Hall–Kier alpha value is -2.09. The number of hydrogen-bond donors (Lipinski definition) is 1. The van der Waals surface area contributed by atoms with E-state index in [0.717, 1.165) is 11.3 Å². The van der Waals surface area contributed by atoms with Crippen molar-refractivity contribution in [2.75, 3.05) is 11.1 Å². The fourth-order valence-electron chi connectivity index (χ4n) is 2.14. The zero-order valence-electron chi connectivity index (χ0n) is 13.1. The van der Waals surface area contributed by atoms with E-state index < -0.39 is 0 Å². The van der Waals surface area contributed by atoms with Crippen LogP contribution < -0.4 is 5.32 Å². The highest BCUT2D eigenvalue weighted by Crippen LogP contribution is 2.29. The third-order valence-electron chi connectivity index (χ3n) is 3.34. The van der Waals surface area contributed by atoms with Crippen molar-refractivity contribution in [1.29, 1.82) is 0 Å². The molecule has 6 nitrogen and oxygen atoms in total. The number of hydrogen-bond acceptors (Lipinski definition) is 5. The van der Waals surface area contributed by atoms with E-state index in [1.165, 1.54) is 11.8 Å². The summed E-state index contributed by atoms with van der Waals surface area (Å²) in [6.45, 7) is 1.97. The third-order valence-corrected chi connectivity index (χ3v) is 5.08. The van der Waals surface area contributed by atoms with E-state index in [1.807, 2.05) is 31.2 Å². The smallest absolute Gasteiger partial charge is 0.234 e. The fourth-order valence-corrected chi connectivity index (χ4v) is 3.17. The summed E-state index contributed by atoms with van der Waals surface area (Å²) in [5, 5.41) is 15.6. The minimum atomic E-state index is -0.228. The minimum absolute atomic E-state index is 0.134. The summed E-state index contributed by atoms with van der Waals surface area (Å²) in [7, 11) is 0. The molecule has 3 rings (SSSR count). The van der Waals surface area contributed by atoms with Crippen LogP contribution >= 0.6 is 35.0 Å². The van der Waals surface area contributed by atoms with Crippen LogP contribution in [-0.4, -0.2) is 31.9 Å². The van der Waals surface area contributed by atoms with Crippen LogP contribution in [-0.2, 0) is 4.79 Å². The first-order valence-electron chi connectivity index (χ1n) is 7.27. The largest absolute Gasteiger partial charge is 0.324 e. The number of benzene rings is 2. The van der Waals surface area contributed by atoms with Crippen molar-refractivity contribution in [3.8, 4) is 5.69 Å². The van der Waals surface area contributed by atoms with Crippen LogP contribution in [0.15, 0.2) is 47.6 Å². The Morgan fingerprint density at radius 1 is 1.20 bits per heavy atom. The number of nitrogens with zero attached hydrogens (tertiary/aromatic N) is 4. The van der Waals surface area contributed by atoms with E-state index in [0.29, 0.717) is 20.9 Å². The number of halogens is 2. The highest BCUT2D eigenvalue weighted by Gasteiger charge is 2.14. The maximum Gasteiger partial charge on any atom is 0.234 e. The van der Waals surface area contributed by atoms with Gasteiger partial charge in [-0.15, -0.1) is 5.10 Å². The minimum Gasteiger partial charge on any atom is -0.324 e. The summed E-state index contributed by atoms with van der Waals surface area (Å²) in [5.74, 6) is -0.0942. The number of rotatable bonds is 5. The highest BCUT2D eigenvalue weighted by atomic mass is 35.5. The molecule has 0 saturated carbocycles. The molecule has 1 heterocycles. The number of thioether (sulfide) groups is 1. The van der Waals surface area contributed by atoms with Gasteiger partial charge in [-0.1, -0.05) is 59.2 Å². The second-order valence-electron chi connectivity index (χ2n) is 5.10. The Morgan fingerprint density at radius 3 is 2.80 bits per heavy atom. The van der Waals surface area contributed by atoms with Gasteiger partial charge in [0.25, 0.3) is 0 Å². The van der Waals surface area contributed by atoms with Crippen molar-refractivity contribution < 1.29 is 4.79 Å². The van der Waals surface area contributed by atoms with E-state index in [4.69, 9.17) is 23.2 Å². The van der Waals surface area contributed by atoms with E-state index in [-0.39, 0.29) is 11.7 Å². The highest BCUT2D eigenvalue weighted by molar-refractivity contribution is 7.99. The first-order chi connectivity index (χ1) is 12.1. The van der Waals surface area contributed by atoms with E-state index in [2.05, 4.69) is 20.8 Å². The van der Waals surface area contributed by atoms with Crippen LogP contribution in [0.3, 0.4) is 0 Å². The Morgan fingerprint density at radius 2 is 2.00 bits per heavy atom. The standard InChI is InChI=1S/C16H13Cl2N5OS/c1-10-5-2-3-8-13(10)23-16(20-21-22-23)25-9-14(24)19-12-7-4-6-11(17)15(12)18/h2-8H,9H2,1H3,(H,19,24). The van der Waals surface area contributed by atoms with Gasteiger partial charge in [0.1, 0.15) is 0 Å². The molecule has 0 fully saturated rings. The number of tetrazole rings is 1. The number of nitrogens with one attached hydrogen (secondary N) is 1. The molecule has 128 valence electrons. The Balaban J connectivity index is 1.69. The molecule has 0 aliphatic rings. The van der Waals surface area contributed by atoms with Crippen molar-refractivity contribution >= 4 is 46.6 Å². The van der Waals surface area contributed by atoms with E-state index in [1.54, 1.807) is 22.9 Å². The van der Waals surface area contributed by atoms with Gasteiger partial charge < -0.3 is 5.32 Å². The molecule has 0 aliphatic carbocycles. The second-order valence-corrected chi connectivity index (χ2v) is 6.83. The lowest BCUT2D eigenvalue weighted by Crippen LogP contribution is -2.15. The Kier molecular flexibility index (Phi) is 5.57. The summed E-state index contributed by atoms with van der Waals surface area (Å²) in [6.07, 6.45) is 0. The first kappa shape index (κ1) is 17.7. The molecule has 0 aliphatic heterocycles. The quantitative estimate of drug-likeness (QED) is 0.662. The second kappa shape index (κ2) is 7.86. The van der Waals surface area contributed by atoms with Gasteiger partial charge in [-0.2, -0.15) is 4.68 Å². The number of amides is 1. The lowest BCUT2D eigenvalue weighted by atomic mass is 10.2. The molecule has 1 aromatic heterocycles. The zero-order chi connectivity index (χ0) is 17.8. The monoisotopic (exact) mass is 393 g/mol. The molecular formula is C16H13Cl2N5OS. The number of para-hydroxylation sites is 1. The first-order valence-corrected chi connectivity index (χ1v) is 9.01. The normalized spacial score (nSPS) is 10.7. The summed E-state index contributed by atoms with van der Waals surface area (Å²) in [6, 6.07) is 12.8. The lowest BCUT2D eigenvalue weighted by molar-refractivity contribution is -0.113. The van der Waals surface area contributed by atoms with Crippen LogP contribution in [0.4, 0.5) is 5.69 Å². The molecule has 3 aromatic rings. The van der Waals surface area contributed by atoms with Gasteiger partial charge in [-0.25, -0.2) is 0 Å². The summed E-state index contributed by atoms with van der Waals surface area (Å²) in [4.78, 5) is 12.2. The van der Waals surface area contributed by atoms with Crippen molar-refractivity contribution in [2.45, 2.75) is 12.1 Å². The van der Waals surface area contributed by atoms with E-state index >= 15 is 0 Å². The Bertz CT molecular complexity index is 915. The molecule has 1 amide bonds. The number of carbonyl (C=O) groups excluding carboxylic acids is 1. The molecule has 25 heavy (non-hydrogen) atoms. The van der Waals surface area contributed by atoms with Gasteiger partial charge in [0.15, 0.2) is 0 Å². The van der Waals surface area contributed by atoms with Gasteiger partial charge in [-0.05, 0) is 41.1 Å². The van der Waals surface area contributed by atoms with Crippen LogP contribution in [0.2, 0.25) is 10.0 Å². The van der Waals surface area contributed by atoms with Gasteiger partial charge >= 0.3 is 0 Å². The molecule has 0 unspecified atom stereocenters. The fraction of sp³-hybridized carbons (Fsp3) is 0.125. The lowest BCUT2D eigenvalue weighted by Gasteiger charge is -2.09. The van der Waals surface area contributed by atoms with Crippen LogP contribution in [0.1, 0.15) is 5.56 Å². The predicted molar refractivity (Wildman–Crippen MR) is 99.7 cm³/mol. The topological polar surface area (TPSA) is 72.7 Å². The number of aryl methyl sites for hydroxylation is 1. The number of aromatic nitrogens is 4. The van der Waals surface area contributed by atoms with E-state index in [9.17, 15) is 4.79 Å². The number of anilines is 1. The molecule has 9 heteroatoms. The molecule has 2 aromatic carbocycles. The summed E-state index contributed by atoms with van der Waals surface area (Å²) >= 11 is 13.2. The van der Waals surface area contributed by atoms with Crippen LogP contribution in [0.5, 0.6) is 0 Å². The van der Waals surface area contributed by atoms with Crippen molar-refractivity contribution in [1.82, 2.24) is 20.2 Å². The molecule has 0 atom stereocenters. The van der Waals surface area contributed by atoms with Crippen molar-refractivity contribution in [3.05, 3.63) is 58.1 Å². The predicted octanol–water partition coefficient (Wildman–Crippen LogP) is 4.01. The number of carbonyl (C=O) groups is 1. The Labute approximate surface area is 158 Å². The molecular weight excluding hydrogens is 381 g/mol. The molecule has 1 N–H and O–H groups in total. The van der Waals surface area contributed by atoms with Crippen LogP contribution in [0.25, 0.3) is 5.69 Å². The third kappa shape index (κ3) is 4.12. The average Bonchev–Trinajstić information content (AvgIpc) is 3.06. The van der Waals surface area contributed by atoms with Gasteiger partial charge in [0.05, 0.1) is 27.2 Å². The molecule has 0 radical (unpaired) electrons. The maximum atomic E-state index is 12.2. The van der Waals surface area contributed by atoms with Gasteiger partial charge in [-0.3, -0.25) is 4.79 Å². The summed E-state index contributed by atoms with van der Waals surface area (Å²) < 4.78 is 1.61. The zero-order valence-corrected chi connectivity index (χ0v) is 15.4. The molecule has 0 spiro atoms. The van der Waals surface area contributed by atoms with Crippen molar-refractivity contribution in [3.63, 3.8) is 0 Å². The van der Waals surface area contributed by atoms with Crippen LogP contribution in [0, 0.1) is 6.92 Å². The van der Waals surface area contributed by atoms with Gasteiger partial charge in [0, 0.05) is 0 Å².